The minimum atomic E-state index is 0.546. The Balaban J connectivity index is 1.43. The normalized spacial score (nSPS) is 15.0. The molecule has 0 atom stereocenters. The summed E-state index contributed by atoms with van der Waals surface area (Å²) in [6, 6.07) is 10.3. The second-order valence-corrected chi connectivity index (χ2v) is 7.73. The Kier molecular flexibility index (Phi) is 8.15. The molecular weight excluding hydrogens is 384 g/mol. The average Bonchev–Trinajstić information content (AvgIpc) is 3.00. The molecule has 2 aromatic rings. The molecule has 0 amide bonds. The Hall–Kier alpha value is -2.29. The lowest BCUT2D eigenvalue weighted by Gasteiger charge is -2.23. The summed E-state index contributed by atoms with van der Waals surface area (Å²) in [6.45, 7) is 10.7. The Morgan fingerprint density at radius 3 is 2.79 bits per heavy atom. The first-order valence-corrected chi connectivity index (χ1v) is 10.6. The minimum Gasteiger partial charge on any atom is -0.370 e. The zero-order chi connectivity index (χ0) is 20.5. The van der Waals surface area contributed by atoms with Gasteiger partial charge in [0.15, 0.2) is 5.11 Å². The Morgan fingerprint density at radius 1 is 1.28 bits per heavy atom. The van der Waals surface area contributed by atoms with Crippen molar-refractivity contribution in [2.45, 2.75) is 26.8 Å². The summed E-state index contributed by atoms with van der Waals surface area (Å²) in [6.07, 6.45) is 2.87. The van der Waals surface area contributed by atoms with Gasteiger partial charge in [0.1, 0.15) is 13.1 Å². The van der Waals surface area contributed by atoms with E-state index in [0.29, 0.717) is 5.11 Å². The third-order valence-electron chi connectivity index (χ3n) is 5.16. The number of morpholine rings is 1. The second kappa shape index (κ2) is 11.0. The molecule has 3 N–H and O–H groups in total. The van der Waals surface area contributed by atoms with Gasteiger partial charge in [0.05, 0.1) is 38.2 Å². The van der Waals surface area contributed by atoms with Gasteiger partial charge in [-0.1, -0.05) is 30.3 Å². The third kappa shape index (κ3) is 6.62. The van der Waals surface area contributed by atoms with Crippen molar-refractivity contribution in [3.05, 3.63) is 52.8 Å². The molecular formula is C21H31N6OS+. The number of benzene rings is 1. The minimum absolute atomic E-state index is 0.546. The summed E-state index contributed by atoms with van der Waals surface area (Å²) in [7, 11) is 0. The molecule has 0 saturated carbocycles. The maximum absolute atomic E-state index is 5.38. The largest absolute Gasteiger partial charge is 0.370 e. The van der Waals surface area contributed by atoms with Crippen LogP contribution in [-0.2, 0) is 11.3 Å². The van der Waals surface area contributed by atoms with Gasteiger partial charge in [-0.2, -0.15) is 10.2 Å². The standard InChI is InChI=1S/C21H30N6OS/c1-17-20(18(2)27(25-17)16-19-7-4-3-5-8-19)15-23-24-21(29)22-9-6-10-26-11-13-28-14-12-26/h3-5,7-8,15H,6,9-14,16H2,1-2H3,(H2,22,24,29)/p+1/b23-15-. The summed E-state index contributed by atoms with van der Waals surface area (Å²) in [4.78, 5) is 1.61. The Morgan fingerprint density at radius 2 is 2.03 bits per heavy atom. The zero-order valence-corrected chi connectivity index (χ0v) is 18.1. The predicted octanol–water partition coefficient (Wildman–Crippen LogP) is 0.651. The highest BCUT2D eigenvalue weighted by molar-refractivity contribution is 7.80. The van der Waals surface area contributed by atoms with E-state index in [1.54, 1.807) is 11.1 Å². The van der Waals surface area contributed by atoms with Crippen molar-refractivity contribution in [2.24, 2.45) is 5.10 Å². The number of aryl methyl sites for hydroxylation is 1. The molecule has 7 nitrogen and oxygen atoms in total. The molecule has 1 aromatic carbocycles. The predicted molar refractivity (Wildman–Crippen MR) is 120 cm³/mol. The van der Waals surface area contributed by atoms with Gasteiger partial charge in [0, 0.05) is 24.2 Å². The van der Waals surface area contributed by atoms with Gasteiger partial charge in [-0.15, -0.1) is 0 Å². The third-order valence-corrected chi connectivity index (χ3v) is 5.40. The second-order valence-electron chi connectivity index (χ2n) is 7.32. The lowest BCUT2D eigenvalue weighted by molar-refractivity contribution is -0.908. The van der Waals surface area contributed by atoms with Crippen LogP contribution in [0.2, 0.25) is 0 Å². The molecule has 1 aromatic heterocycles. The molecule has 2 heterocycles. The van der Waals surface area contributed by atoms with Crippen LogP contribution in [0.25, 0.3) is 0 Å². The van der Waals surface area contributed by atoms with Crippen LogP contribution in [0, 0.1) is 13.8 Å². The van der Waals surface area contributed by atoms with E-state index in [9.17, 15) is 0 Å². The summed E-state index contributed by atoms with van der Waals surface area (Å²) in [5, 5.41) is 12.7. The molecule has 0 radical (unpaired) electrons. The van der Waals surface area contributed by atoms with Crippen LogP contribution in [0.4, 0.5) is 0 Å². The molecule has 8 heteroatoms. The number of hydrazone groups is 1. The molecule has 3 rings (SSSR count). The Labute approximate surface area is 178 Å². The summed E-state index contributed by atoms with van der Waals surface area (Å²) in [5.74, 6) is 0. The van der Waals surface area contributed by atoms with E-state index in [0.717, 1.165) is 69.3 Å². The van der Waals surface area contributed by atoms with Gasteiger partial charge < -0.3 is 15.0 Å². The Bertz CT molecular complexity index is 814. The maximum Gasteiger partial charge on any atom is 0.186 e. The van der Waals surface area contributed by atoms with Crippen LogP contribution in [0.3, 0.4) is 0 Å². The summed E-state index contributed by atoms with van der Waals surface area (Å²) < 4.78 is 7.39. The quantitative estimate of drug-likeness (QED) is 0.256. The van der Waals surface area contributed by atoms with Crippen molar-refractivity contribution < 1.29 is 9.64 Å². The molecule has 0 unspecified atom stereocenters. The van der Waals surface area contributed by atoms with Crippen LogP contribution in [0.5, 0.6) is 0 Å². The van der Waals surface area contributed by atoms with Gasteiger partial charge in [0.25, 0.3) is 0 Å². The van der Waals surface area contributed by atoms with Crippen molar-refractivity contribution in [3.8, 4) is 0 Å². The first-order chi connectivity index (χ1) is 14.1. The van der Waals surface area contributed by atoms with E-state index in [2.05, 4.69) is 40.0 Å². The average molecular weight is 416 g/mol. The van der Waals surface area contributed by atoms with Crippen LogP contribution >= 0.6 is 12.2 Å². The van der Waals surface area contributed by atoms with Gasteiger partial charge in [-0.05, 0) is 31.6 Å². The highest BCUT2D eigenvalue weighted by Gasteiger charge is 2.13. The van der Waals surface area contributed by atoms with E-state index in [1.807, 2.05) is 29.8 Å². The van der Waals surface area contributed by atoms with Crippen LogP contribution < -0.4 is 15.6 Å². The number of thiocarbonyl (C=S) groups is 1. The molecule has 0 spiro atoms. The van der Waals surface area contributed by atoms with Crippen LogP contribution in [0.15, 0.2) is 35.4 Å². The van der Waals surface area contributed by atoms with E-state index >= 15 is 0 Å². The fourth-order valence-corrected chi connectivity index (χ4v) is 3.61. The maximum atomic E-state index is 5.38. The first-order valence-electron chi connectivity index (χ1n) is 10.2. The zero-order valence-electron chi connectivity index (χ0n) is 17.3. The van der Waals surface area contributed by atoms with Gasteiger partial charge >= 0.3 is 0 Å². The van der Waals surface area contributed by atoms with Crippen molar-refractivity contribution in [1.29, 1.82) is 0 Å². The lowest BCUT2D eigenvalue weighted by atomic mass is 10.2. The molecule has 29 heavy (non-hydrogen) atoms. The van der Waals surface area contributed by atoms with Crippen LogP contribution in [0.1, 0.15) is 28.9 Å². The fourth-order valence-electron chi connectivity index (χ4n) is 3.45. The molecule has 156 valence electrons. The smallest absolute Gasteiger partial charge is 0.186 e. The van der Waals surface area contributed by atoms with Crippen molar-refractivity contribution in [2.75, 3.05) is 39.4 Å². The molecule has 0 bridgehead atoms. The topological polar surface area (TPSA) is 67.9 Å². The first kappa shape index (κ1) is 21.4. The monoisotopic (exact) mass is 415 g/mol. The lowest BCUT2D eigenvalue weighted by Crippen LogP contribution is -3.14. The fraction of sp³-hybridized carbons (Fsp3) is 0.476. The highest BCUT2D eigenvalue weighted by atomic mass is 32.1. The molecule has 1 fully saturated rings. The SMILES string of the molecule is Cc1nn(Cc2ccccc2)c(C)c1/C=N\NC(=S)NCCC[NH+]1CCOCC1. The van der Waals surface area contributed by atoms with Gasteiger partial charge in [-0.3, -0.25) is 10.1 Å². The number of ether oxygens (including phenoxy) is 1. The van der Waals surface area contributed by atoms with Crippen molar-refractivity contribution in [1.82, 2.24) is 20.5 Å². The summed E-state index contributed by atoms with van der Waals surface area (Å²) in [5.41, 5.74) is 7.20. The van der Waals surface area contributed by atoms with Gasteiger partial charge in [0.2, 0.25) is 0 Å². The number of nitrogens with zero attached hydrogens (tertiary/aromatic N) is 3. The number of hydrogen-bond acceptors (Lipinski definition) is 4. The van der Waals surface area contributed by atoms with E-state index in [1.165, 1.54) is 5.56 Å². The molecule has 1 aliphatic rings. The van der Waals surface area contributed by atoms with Crippen molar-refractivity contribution in [3.63, 3.8) is 0 Å². The van der Waals surface area contributed by atoms with Crippen LogP contribution in [-0.4, -0.2) is 60.5 Å². The molecule has 1 saturated heterocycles. The van der Waals surface area contributed by atoms with Gasteiger partial charge in [-0.25, -0.2) is 0 Å². The molecule has 1 aliphatic heterocycles. The van der Waals surface area contributed by atoms with E-state index < -0.39 is 0 Å². The number of nitrogens with one attached hydrogen (secondary N) is 3. The van der Waals surface area contributed by atoms with E-state index in [-0.39, 0.29) is 0 Å². The summed E-state index contributed by atoms with van der Waals surface area (Å²) >= 11 is 5.31. The molecule has 0 aliphatic carbocycles. The number of rotatable bonds is 8. The highest BCUT2D eigenvalue weighted by Crippen LogP contribution is 2.12. The number of aromatic nitrogens is 2. The number of hydrogen-bond donors (Lipinski definition) is 3. The van der Waals surface area contributed by atoms with Crippen molar-refractivity contribution >= 4 is 23.5 Å². The van der Waals surface area contributed by atoms with E-state index in [4.69, 9.17) is 17.0 Å². The number of quaternary nitrogens is 1.